The Hall–Kier alpha value is -1.26. The lowest BCUT2D eigenvalue weighted by Gasteiger charge is -2.13. The van der Waals surface area contributed by atoms with E-state index in [1.54, 1.807) is 12.1 Å². The number of rotatable bonds is 6. The predicted molar refractivity (Wildman–Crippen MR) is 103 cm³/mol. The van der Waals surface area contributed by atoms with Crippen molar-refractivity contribution in [2.75, 3.05) is 26.1 Å². The van der Waals surface area contributed by atoms with Crippen molar-refractivity contribution < 1.29 is 0 Å². The van der Waals surface area contributed by atoms with E-state index in [0.29, 0.717) is 15.7 Å². The fourth-order valence-electron chi connectivity index (χ4n) is 1.95. The van der Waals surface area contributed by atoms with E-state index in [1.165, 1.54) is 0 Å². The predicted octanol–water partition coefficient (Wildman–Crippen LogP) is 5.18. The van der Waals surface area contributed by atoms with E-state index in [2.05, 4.69) is 15.4 Å². The Kier molecular flexibility index (Phi) is 8.42. The van der Waals surface area contributed by atoms with Gasteiger partial charge in [-0.2, -0.15) is 5.10 Å². The number of hydrogen-bond donors (Lipinski definition) is 1. The van der Waals surface area contributed by atoms with Crippen molar-refractivity contribution in [3.8, 4) is 0 Å². The molecule has 0 fully saturated rings. The van der Waals surface area contributed by atoms with Crippen LogP contribution in [0, 0.1) is 0 Å². The summed E-state index contributed by atoms with van der Waals surface area (Å²) >= 11 is 12.3. The lowest BCUT2D eigenvalue weighted by molar-refractivity contribution is 0.422. The van der Waals surface area contributed by atoms with E-state index in [1.807, 2.05) is 50.5 Å². The molecule has 0 unspecified atom stereocenters. The molecule has 3 nitrogen and oxygen atoms in total. The van der Waals surface area contributed by atoms with Crippen LogP contribution < -0.4 is 5.43 Å². The minimum atomic E-state index is 0. The third-order valence-corrected chi connectivity index (χ3v) is 3.80. The molecular formula is C17H20Cl3N3. The maximum atomic E-state index is 6.16. The number of halogens is 3. The highest BCUT2D eigenvalue weighted by atomic mass is 35.5. The number of nitrogens with one attached hydrogen (secondary N) is 1. The summed E-state index contributed by atoms with van der Waals surface area (Å²) in [5.41, 5.74) is 5.68. The van der Waals surface area contributed by atoms with Gasteiger partial charge in [-0.25, -0.2) is 0 Å². The summed E-state index contributed by atoms with van der Waals surface area (Å²) in [5, 5.41) is 5.63. The van der Waals surface area contributed by atoms with Crippen molar-refractivity contribution in [3.63, 3.8) is 0 Å². The van der Waals surface area contributed by atoms with E-state index in [-0.39, 0.29) is 12.4 Å². The van der Waals surface area contributed by atoms with Gasteiger partial charge in [0.05, 0.1) is 21.4 Å². The second kappa shape index (κ2) is 9.78. The first-order valence-electron chi connectivity index (χ1n) is 7.04. The molecule has 0 aliphatic heterocycles. The molecule has 0 atom stereocenters. The maximum Gasteiger partial charge on any atom is 0.0934 e. The third-order valence-electron chi connectivity index (χ3n) is 3.17. The normalized spacial score (nSPS) is 11.3. The molecule has 1 N–H and O–H groups in total. The first-order chi connectivity index (χ1) is 10.6. The Morgan fingerprint density at radius 3 is 2.17 bits per heavy atom. The highest BCUT2D eigenvalue weighted by molar-refractivity contribution is 6.39. The molecule has 0 bridgehead atoms. The van der Waals surface area contributed by atoms with E-state index in [9.17, 15) is 0 Å². The second-order valence-electron chi connectivity index (χ2n) is 5.19. The first kappa shape index (κ1) is 19.8. The zero-order valence-electron chi connectivity index (χ0n) is 13.1. The van der Waals surface area contributed by atoms with Gasteiger partial charge in [0.2, 0.25) is 0 Å². The number of benzene rings is 2. The average Bonchev–Trinajstić information content (AvgIpc) is 2.50. The Balaban J connectivity index is 0.00000264. The van der Waals surface area contributed by atoms with Crippen LogP contribution in [-0.4, -0.2) is 31.3 Å². The molecule has 23 heavy (non-hydrogen) atoms. The van der Waals surface area contributed by atoms with Gasteiger partial charge in [0, 0.05) is 13.0 Å². The van der Waals surface area contributed by atoms with E-state index >= 15 is 0 Å². The largest absolute Gasteiger partial charge is 0.309 e. The molecule has 0 aliphatic rings. The SMILES string of the molecule is CN(C)CC/C(=N\Nc1c(Cl)cccc1Cl)c1ccccc1.Cl. The number of hydrogen-bond acceptors (Lipinski definition) is 3. The number of para-hydroxylation sites is 1. The first-order valence-corrected chi connectivity index (χ1v) is 7.80. The molecule has 0 heterocycles. The lowest BCUT2D eigenvalue weighted by atomic mass is 10.1. The van der Waals surface area contributed by atoms with Gasteiger partial charge in [0.1, 0.15) is 0 Å². The monoisotopic (exact) mass is 371 g/mol. The average molecular weight is 373 g/mol. The molecule has 0 radical (unpaired) electrons. The van der Waals surface area contributed by atoms with Crippen LogP contribution in [0.15, 0.2) is 53.6 Å². The molecule has 0 saturated carbocycles. The summed E-state index contributed by atoms with van der Waals surface area (Å²) < 4.78 is 0. The molecule has 0 aliphatic carbocycles. The minimum absolute atomic E-state index is 0. The highest BCUT2D eigenvalue weighted by Crippen LogP contribution is 2.29. The fraction of sp³-hybridized carbons (Fsp3) is 0.235. The molecule has 2 aromatic rings. The molecular weight excluding hydrogens is 353 g/mol. The van der Waals surface area contributed by atoms with E-state index < -0.39 is 0 Å². The van der Waals surface area contributed by atoms with Crippen LogP contribution in [0.4, 0.5) is 5.69 Å². The van der Waals surface area contributed by atoms with E-state index in [4.69, 9.17) is 23.2 Å². The topological polar surface area (TPSA) is 27.6 Å². The third kappa shape index (κ3) is 6.04. The summed E-state index contributed by atoms with van der Waals surface area (Å²) in [5.74, 6) is 0. The smallest absolute Gasteiger partial charge is 0.0934 e. The summed E-state index contributed by atoms with van der Waals surface area (Å²) in [6.45, 7) is 0.908. The van der Waals surface area contributed by atoms with Crippen LogP contribution in [0.3, 0.4) is 0 Å². The standard InChI is InChI=1S/C17H19Cl2N3.ClH/c1-22(2)12-11-16(13-7-4-3-5-8-13)20-21-17-14(18)9-6-10-15(17)19;/h3-10,21H,11-12H2,1-2H3;1H/b20-16+;. The number of hydrazone groups is 1. The van der Waals surface area contributed by atoms with Crippen LogP contribution in [0.2, 0.25) is 10.0 Å². The van der Waals surface area contributed by atoms with Crippen molar-refractivity contribution in [3.05, 3.63) is 64.1 Å². The Bertz CT molecular complexity index is 623. The van der Waals surface area contributed by atoms with Gasteiger partial charge in [-0.1, -0.05) is 59.6 Å². The van der Waals surface area contributed by atoms with Crippen LogP contribution in [0.1, 0.15) is 12.0 Å². The quantitative estimate of drug-likeness (QED) is 0.558. The molecule has 2 aromatic carbocycles. The van der Waals surface area contributed by atoms with Crippen molar-refractivity contribution >= 4 is 47.0 Å². The highest BCUT2D eigenvalue weighted by Gasteiger charge is 2.07. The van der Waals surface area contributed by atoms with Gasteiger partial charge in [-0.15, -0.1) is 12.4 Å². The summed E-state index contributed by atoms with van der Waals surface area (Å²) in [6.07, 6.45) is 0.825. The molecule has 0 spiro atoms. The van der Waals surface area contributed by atoms with Gasteiger partial charge < -0.3 is 4.90 Å². The molecule has 0 aromatic heterocycles. The van der Waals surface area contributed by atoms with Gasteiger partial charge in [0.15, 0.2) is 0 Å². The zero-order valence-corrected chi connectivity index (χ0v) is 15.4. The Morgan fingerprint density at radius 1 is 1.00 bits per heavy atom. The van der Waals surface area contributed by atoms with Crippen LogP contribution in [0.5, 0.6) is 0 Å². The summed E-state index contributed by atoms with van der Waals surface area (Å²) in [4.78, 5) is 2.13. The Labute approximate surface area is 153 Å². The van der Waals surface area contributed by atoms with Gasteiger partial charge in [-0.3, -0.25) is 5.43 Å². The summed E-state index contributed by atoms with van der Waals surface area (Å²) in [6, 6.07) is 15.5. The maximum absolute atomic E-state index is 6.16. The minimum Gasteiger partial charge on any atom is -0.309 e. The van der Waals surface area contributed by atoms with Gasteiger partial charge in [0.25, 0.3) is 0 Å². The van der Waals surface area contributed by atoms with E-state index in [0.717, 1.165) is 24.2 Å². The molecule has 124 valence electrons. The zero-order chi connectivity index (χ0) is 15.9. The molecule has 0 saturated heterocycles. The lowest BCUT2D eigenvalue weighted by Crippen LogP contribution is -2.18. The van der Waals surface area contributed by atoms with Crippen molar-refractivity contribution in [2.45, 2.75) is 6.42 Å². The van der Waals surface area contributed by atoms with Crippen molar-refractivity contribution in [2.24, 2.45) is 5.10 Å². The van der Waals surface area contributed by atoms with Crippen LogP contribution >= 0.6 is 35.6 Å². The number of anilines is 1. The second-order valence-corrected chi connectivity index (χ2v) is 6.00. The molecule has 2 rings (SSSR count). The Morgan fingerprint density at radius 2 is 1.61 bits per heavy atom. The molecule has 0 amide bonds. The van der Waals surface area contributed by atoms with Crippen LogP contribution in [0.25, 0.3) is 0 Å². The molecule has 6 heteroatoms. The van der Waals surface area contributed by atoms with Gasteiger partial charge >= 0.3 is 0 Å². The van der Waals surface area contributed by atoms with Crippen LogP contribution in [-0.2, 0) is 0 Å². The van der Waals surface area contributed by atoms with Crippen molar-refractivity contribution in [1.29, 1.82) is 0 Å². The van der Waals surface area contributed by atoms with Crippen molar-refractivity contribution in [1.82, 2.24) is 4.90 Å². The summed E-state index contributed by atoms with van der Waals surface area (Å²) in [7, 11) is 4.09. The fourth-order valence-corrected chi connectivity index (χ4v) is 2.43. The van der Waals surface area contributed by atoms with Gasteiger partial charge in [-0.05, 0) is 31.8 Å². The number of nitrogens with zero attached hydrogens (tertiary/aromatic N) is 2.